The van der Waals surface area contributed by atoms with Gasteiger partial charge in [-0.3, -0.25) is 9.69 Å². The van der Waals surface area contributed by atoms with E-state index in [1.54, 1.807) is 24.3 Å². The number of hydrogen-bond donors (Lipinski definition) is 1. The smallest absolute Gasteiger partial charge is 0.243 e. The highest BCUT2D eigenvalue weighted by Gasteiger charge is 2.29. The molecule has 7 nitrogen and oxygen atoms in total. The van der Waals surface area contributed by atoms with Gasteiger partial charge in [0.15, 0.2) is 0 Å². The van der Waals surface area contributed by atoms with Gasteiger partial charge in [-0.05, 0) is 75.0 Å². The molecule has 0 radical (unpaired) electrons. The first-order chi connectivity index (χ1) is 15.5. The first kappa shape index (κ1) is 22.8. The molecule has 2 aliphatic rings. The molecule has 2 aromatic carbocycles. The van der Waals surface area contributed by atoms with Crippen LogP contribution >= 0.6 is 0 Å². The van der Waals surface area contributed by atoms with Gasteiger partial charge in [0, 0.05) is 24.8 Å². The summed E-state index contributed by atoms with van der Waals surface area (Å²) in [4.78, 5) is 15.2. The topological polar surface area (TPSA) is 79.0 Å². The largest absolute Gasteiger partial charge is 0.494 e. The van der Waals surface area contributed by atoms with Crippen LogP contribution in [0.25, 0.3) is 0 Å². The van der Waals surface area contributed by atoms with Crippen LogP contribution < -0.4 is 10.1 Å². The molecule has 1 atom stereocenters. The van der Waals surface area contributed by atoms with Gasteiger partial charge >= 0.3 is 0 Å². The van der Waals surface area contributed by atoms with Crippen LogP contribution in [-0.4, -0.2) is 56.3 Å². The first-order valence-corrected chi connectivity index (χ1v) is 12.8. The molecular formula is C24H31N3O4S. The average Bonchev–Trinajstić information content (AvgIpc) is 3.47. The summed E-state index contributed by atoms with van der Waals surface area (Å²) in [6, 6.07) is 14.8. The zero-order chi connectivity index (χ0) is 22.6. The van der Waals surface area contributed by atoms with E-state index < -0.39 is 10.0 Å². The summed E-state index contributed by atoms with van der Waals surface area (Å²) in [6.07, 6.45) is 3.82. The summed E-state index contributed by atoms with van der Waals surface area (Å²) in [5, 5.41) is 2.89. The van der Waals surface area contributed by atoms with Crippen molar-refractivity contribution in [1.29, 1.82) is 0 Å². The second kappa shape index (κ2) is 10.0. The molecule has 0 aliphatic carbocycles. The number of benzene rings is 2. The van der Waals surface area contributed by atoms with Crippen molar-refractivity contribution in [2.45, 2.75) is 43.5 Å². The molecule has 1 amide bonds. The number of sulfonamides is 1. The maximum Gasteiger partial charge on any atom is 0.243 e. The maximum atomic E-state index is 12.8. The van der Waals surface area contributed by atoms with Crippen molar-refractivity contribution in [3.8, 4) is 5.75 Å². The number of rotatable bonds is 8. The Morgan fingerprint density at radius 1 is 1.06 bits per heavy atom. The molecule has 1 N–H and O–H groups in total. The predicted molar refractivity (Wildman–Crippen MR) is 124 cm³/mol. The third-order valence-electron chi connectivity index (χ3n) is 6.11. The SMILES string of the molecule is CCOc1ccc(C2CCCN2CC(=O)Nc2cccc(S(=O)(=O)N3CCCC3)c2)cc1. The number of ether oxygens (including phenoxy) is 1. The van der Waals surface area contributed by atoms with E-state index in [1.807, 2.05) is 19.1 Å². The molecule has 32 heavy (non-hydrogen) atoms. The lowest BCUT2D eigenvalue weighted by Gasteiger charge is -2.24. The molecule has 0 spiro atoms. The van der Waals surface area contributed by atoms with Gasteiger partial charge < -0.3 is 10.1 Å². The third kappa shape index (κ3) is 5.14. The van der Waals surface area contributed by atoms with Crippen LogP contribution in [-0.2, 0) is 14.8 Å². The summed E-state index contributed by atoms with van der Waals surface area (Å²) >= 11 is 0. The number of amides is 1. The molecule has 1 unspecified atom stereocenters. The highest BCUT2D eigenvalue weighted by Crippen LogP contribution is 2.32. The summed E-state index contributed by atoms with van der Waals surface area (Å²) in [7, 11) is -3.51. The number of nitrogens with zero attached hydrogens (tertiary/aromatic N) is 2. The van der Waals surface area contributed by atoms with Crippen molar-refractivity contribution in [1.82, 2.24) is 9.21 Å². The fourth-order valence-electron chi connectivity index (χ4n) is 4.54. The molecule has 2 aliphatic heterocycles. The Morgan fingerprint density at radius 2 is 1.81 bits per heavy atom. The molecule has 2 heterocycles. The predicted octanol–water partition coefficient (Wildman–Crippen LogP) is 3.65. The lowest BCUT2D eigenvalue weighted by atomic mass is 10.0. The molecular weight excluding hydrogens is 426 g/mol. The van der Waals surface area contributed by atoms with E-state index in [-0.39, 0.29) is 23.4 Å². The highest BCUT2D eigenvalue weighted by atomic mass is 32.2. The molecule has 4 rings (SSSR count). The lowest BCUT2D eigenvalue weighted by Crippen LogP contribution is -2.33. The minimum absolute atomic E-state index is 0.140. The Kier molecular flexibility index (Phi) is 7.13. The van der Waals surface area contributed by atoms with Gasteiger partial charge in [-0.15, -0.1) is 0 Å². The van der Waals surface area contributed by atoms with Gasteiger partial charge in [-0.25, -0.2) is 8.42 Å². The Balaban J connectivity index is 1.40. The van der Waals surface area contributed by atoms with Gasteiger partial charge in [-0.1, -0.05) is 18.2 Å². The fraction of sp³-hybridized carbons (Fsp3) is 0.458. The van der Waals surface area contributed by atoms with Gasteiger partial charge in [0.1, 0.15) is 5.75 Å². The quantitative estimate of drug-likeness (QED) is 0.655. The first-order valence-electron chi connectivity index (χ1n) is 11.3. The summed E-state index contributed by atoms with van der Waals surface area (Å²) in [6.45, 7) is 4.83. The fourth-order valence-corrected chi connectivity index (χ4v) is 6.11. The third-order valence-corrected chi connectivity index (χ3v) is 8.00. The number of carbonyl (C=O) groups excluding carboxylic acids is 1. The second-order valence-corrected chi connectivity index (χ2v) is 10.3. The number of likely N-dealkylation sites (tertiary alicyclic amines) is 1. The number of carbonyl (C=O) groups is 1. The normalized spacial score (nSPS) is 19.8. The van der Waals surface area contributed by atoms with Gasteiger partial charge in [0.05, 0.1) is 18.0 Å². The van der Waals surface area contributed by atoms with Crippen LogP contribution in [0.1, 0.15) is 44.2 Å². The Hall–Kier alpha value is -2.42. The van der Waals surface area contributed by atoms with E-state index in [0.717, 1.165) is 38.0 Å². The minimum Gasteiger partial charge on any atom is -0.494 e. The molecule has 0 aromatic heterocycles. The van der Waals surface area contributed by atoms with E-state index in [1.165, 1.54) is 9.87 Å². The molecule has 2 fully saturated rings. The van der Waals surface area contributed by atoms with E-state index >= 15 is 0 Å². The van der Waals surface area contributed by atoms with Gasteiger partial charge in [-0.2, -0.15) is 4.31 Å². The summed E-state index contributed by atoms with van der Waals surface area (Å²) < 4.78 is 32.7. The van der Waals surface area contributed by atoms with Crippen molar-refractivity contribution in [3.05, 3.63) is 54.1 Å². The second-order valence-electron chi connectivity index (χ2n) is 8.32. The number of nitrogens with one attached hydrogen (secondary N) is 1. The van der Waals surface area contributed by atoms with Crippen molar-refractivity contribution < 1.29 is 17.9 Å². The van der Waals surface area contributed by atoms with Crippen LogP contribution in [0, 0.1) is 0 Å². The van der Waals surface area contributed by atoms with Crippen LogP contribution in [0.3, 0.4) is 0 Å². The van der Waals surface area contributed by atoms with Crippen molar-refractivity contribution in [2.24, 2.45) is 0 Å². The minimum atomic E-state index is -3.51. The number of anilines is 1. The molecule has 2 saturated heterocycles. The van der Waals surface area contributed by atoms with Crippen molar-refractivity contribution >= 4 is 21.6 Å². The molecule has 172 valence electrons. The molecule has 2 aromatic rings. The van der Waals surface area contributed by atoms with Crippen LogP contribution in [0.4, 0.5) is 5.69 Å². The van der Waals surface area contributed by atoms with Crippen molar-refractivity contribution in [3.63, 3.8) is 0 Å². The van der Waals surface area contributed by atoms with E-state index in [2.05, 4.69) is 22.3 Å². The molecule has 0 saturated carbocycles. The Bertz CT molecular complexity index is 1030. The highest BCUT2D eigenvalue weighted by molar-refractivity contribution is 7.89. The molecule has 0 bridgehead atoms. The zero-order valence-electron chi connectivity index (χ0n) is 18.5. The Morgan fingerprint density at radius 3 is 2.53 bits per heavy atom. The number of hydrogen-bond acceptors (Lipinski definition) is 5. The van der Waals surface area contributed by atoms with Gasteiger partial charge in [0.2, 0.25) is 15.9 Å². The van der Waals surface area contributed by atoms with Gasteiger partial charge in [0.25, 0.3) is 0 Å². The molecule has 8 heteroatoms. The zero-order valence-corrected chi connectivity index (χ0v) is 19.3. The summed E-state index contributed by atoms with van der Waals surface area (Å²) in [5.74, 6) is 0.709. The lowest BCUT2D eigenvalue weighted by molar-refractivity contribution is -0.117. The monoisotopic (exact) mass is 457 g/mol. The Labute approximate surface area is 190 Å². The van der Waals surface area contributed by atoms with Crippen LogP contribution in [0.2, 0.25) is 0 Å². The average molecular weight is 458 g/mol. The van der Waals surface area contributed by atoms with Crippen molar-refractivity contribution in [2.75, 3.05) is 38.1 Å². The van der Waals surface area contributed by atoms with E-state index in [9.17, 15) is 13.2 Å². The van der Waals surface area contributed by atoms with E-state index in [0.29, 0.717) is 25.4 Å². The maximum absolute atomic E-state index is 12.8. The van der Waals surface area contributed by atoms with E-state index in [4.69, 9.17) is 4.74 Å². The standard InChI is InChI=1S/C24H31N3O4S/c1-2-31-21-12-10-19(11-13-21)23-9-6-14-26(23)18-24(28)25-20-7-5-8-22(17-20)32(29,30)27-15-3-4-16-27/h5,7-8,10-13,17,23H,2-4,6,9,14-16,18H2,1H3,(H,25,28). The summed E-state index contributed by atoms with van der Waals surface area (Å²) in [5.41, 5.74) is 1.68. The van der Waals surface area contributed by atoms with Crippen LogP contribution in [0.5, 0.6) is 5.75 Å². The van der Waals surface area contributed by atoms with Crippen LogP contribution in [0.15, 0.2) is 53.4 Å².